The summed E-state index contributed by atoms with van der Waals surface area (Å²) in [5, 5.41) is 11.3. The first-order valence-electron chi connectivity index (χ1n) is 9.03. The van der Waals surface area contributed by atoms with Crippen molar-refractivity contribution in [2.45, 2.75) is 13.5 Å². The van der Waals surface area contributed by atoms with Crippen molar-refractivity contribution in [2.75, 3.05) is 12.4 Å². The molecule has 0 bridgehead atoms. The lowest BCUT2D eigenvalue weighted by atomic mass is 10.1. The van der Waals surface area contributed by atoms with Gasteiger partial charge in [0.05, 0.1) is 12.5 Å². The first-order valence-corrected chi connectivity index (χ1v) is 9.03. The molecule has 0 radical (unpaired) electrons. The summed E-state index contributed by atoms with van der Waals surface area (Å²) in [6.07, 6.45) is 0. The number of ether oxygens (including phenoxy) is 1. The van der Waals surface area contributed by atoms with Crippen LogP contribution < -0.4 is 15.6 Å². The van der Waals surface area contributed by atoms with Crippen LogP contribution in [-0.4, -0.2) is 28.0 Å². The van der Waals surface area contributed by atoms with Gasteiger partial charge in [-0.3, -0.25) is 9.59 Å². The lowest BCUT2D eigenvalue weighted by Gasteiger charge is -2.10. The topological polar surface area (TPSA) is 99.2 Å². The number of carbonyl (C=O) groups excluding carboxylic acids is 1. The fourth-order valence-corrected chi connectivity index (χ4v) is 3.06. The predicted molar refractivity (Wildman–Crippen MR) is 108 cm³/mol. The van der Waals surface area contributed by atoms with Crippen LogP contribution in [0, 0.1) is 12.7 Å². The molecular weight excluding hydrogens is 391 g/mol. The number of fused-ring (bicyclic) bond motifs is 1. The van der Waals surface area contributed by atoms with Gasteiger partial charge in [0.1, 0.15) is 29.6 Å². The Kier molecular flexibility index (Phi) is 5.01. The third kappa shape index (κ3) is 3.64. The van der Waals surface area contributed by atoms with Crippen LogP contribution in [0.25, 0.3) is 22.2 Å². The van der Waals surface area contributed by atoms with Crippen molar-refractivity contribution in [1.29, 1.82) is 0 Å². The van der Waals surface area contributed by atoms with Gasteiger partial charge in [-0.05, 0) is 55.5 Å². The number of methoxy groups -OCH3 is 1. The number of aryl methyl sites for hydroxylation is 1. The summed E-state index contributed by atoms with van der Waals surface area (Å²) in [6, 6.07) is 12.4. The molecule has 0 fully saturated rings. The molecule has 0 aliphatic carbocycles. The zero-order valence-corrected chi connectivity index (χ0v) is 16.2. The fraction of sp³-hybridized carbons (Fsp3) is 0.143. The Morgan fingerprint density at radius 2 is 1.87 bits per heavy atom. The quantitative estimate of drug-likeness (QED) is 0.545. The number of carbonyl (C=O) groups is 1. The molecule has 4 aromatic rings. The Balaban J connectivity index is 1.73. The van der Waals surface area contributed by atoms with Gasteiger partial charge in [0.25, 0.3) is 5.56 Å². The lowest BCUT2D eigenvalue weighted by molar-refractivity contribution is -0.117. The Bertz CT molecular complexity index is 1280. The van der Waals surface area contributed by atoms with Crippen LogP contribution in [-0.2, 0) is 11.3 Å². The van der Waals surface area contributed by atoms with Crippen LogP contribution in [0.1, 0.15) is 5.76 Å². The summed E-state index contributed by atoms with van der Waals surface area (Å²) in [7, 11) is 1.56. The van der Waals surface area contributed by atoms with E-state index < -0.39 is 17.3 Å². The second kappa shape index (κ2) is 7.78. The molecule has 1 N–H and O–H groups in total. The maximum atomic E-state index is 13.0. The summed E-state index contributed by atoms with van der Waals surface area (Å²) in [6.45, 7) is 1.34. The zero-order valence-electron chi connectivity index (χ0n) is 16.2. The van der Waals surface area contributed by atoms with E-state index in [1.165, 1.54) is 24.3 Å². The highest BCUT2D eigenvalue weighted by Gasteiger charge is 2.20. The molecule has 0 unspecified atom stereocenters. The van der Waals surface area contributed by atoms with Crippen molar-refractivity contribution in [3.8, 4) is 17.0 Å². The second-order valence-electron chi connectivity index (χ2n) is 6.56. The number of amides is 1. The summed E-state index contributed by atoms with van der Waals surface area (Å²) in [5.74, 6) is 0.214. The normalized spacial score (nSPS) is 10.9. The van der Waals surface area contributed by atoms with Crippen LogP contribution in [0.2, 0.25) is 0 Å². The number of nitrogens with zero attached hydrogens (tertiary/aromatic N) is 3. The van der Waals surface area contributed by atoms with Crippen LogP contribution in [0.15, 0.2) is 57.8 Å². The van der Waals surface area contributed by atoms with Gasteiger partial charge in [0.15, 0.2) is 5.52 Å². The Morgan fingerprint density at radius 1 is 1.17 bits per heavy atom. The maximum absolute atomic E-state index is 13.0. The molecule has 0 aliphatic rings. The van der Waals surface area contributed by atoms with E-state index in [-0.39, 0.29) is 12.1 Å². The molecule has 0 aliphatic heterocycles. The molecule has 2 heterocycles. The van der Waals surface area contributed by atoms with E-state index in [2.05, 4.69) is 15.6 Å². The van der Waals surface area contributed by atoms with Crippen molar-refractivity contribution in [3.63, 3.8) is 0 Å². The smallest absolute Gasteiger partial charge is 0.297 e. The molecule has 8 nitrogen and oxygen atoms in total. The average molecular weight is 408 g/mol. The Hall–Kier alpha value is -4.01. The van der Waals surface area contributed by atoms with E-state index in [9.17, 15) is 14.0 Å². The fourth-order valence-electron chi connectivity index (χ4n) is 3.06. The third-order valence-corrected chi connectivity index (χ3v) is 4.54. The number of nitrogens with one attached hydrogen (secondary N) is 1. The molecule has 0 atom stereocenters. The molecule has 2 aromatic heterocycles. The van der Waals surface area contributed by atoms with E-state index in [0.717, 1.165) is 4.68 Å². The van der Waals surface area contributed by atoms with Gasteiger partial charge in [0, 0.05) is 11.3 Å². The second-order valence-corrected chi connectivity index (χ2v) is 6.56. The number of hydrogen-bond acceptors (Lipinski definition) is 6. The van der Waals surface area contributed by atoms with E-state index >= 15 is 0 Å². The summed E-state index contributed by atoms with van der Waals surface area (Å²) >= 11 is 0. The molecule has 9 heteroatoms. The summed E-state index contributed by atoms with van der Waals surface area (Å²) < 4.78 is 24.4. The predicted octanol–water partition coefficient (Wildman–Crippen LogP) is 3.15. The Labute approximate surface area is 169 Å². The van der Waals surface area contributed by atoms with Gasteiger partial charge < -0.3 is 14.6 Å². The van der Waals surface area contributed by atoms with Crippen LogP contribution >= 0.6 is 0 Å². The van der Waals surface area contributed by atoms with E-state index in [0.29, 0.717) is 33.8 Å². The minimum atomic E-state index is -0.548. The van der Waals surface area contributed by atoms with Gasteiger partial charge >= 0.3 is 0 Å². The van der Waals surface area contributed by atoms with Crippen molar-refractivity contribution in [1.82, 2.24) is 14.9 Å². The summed E-state index contributed by atoms with van der Waals surface area (Å²) in [5.41, 5.74) is 1.11. The lowest BCUT2D eigenvalue weighted by Crippen LogP contribution is -2.30. The summed E-state index contributed by atoms with van der Waals surface area (Å²) in [4.78, 5) is 25.2. The van der Waals surface area contributed by atoms with E-state index in [1.54, 1.807) is 38.3 Å². The van der Waals surface area contributed by atoms with Crippen molar-refractivity contribution < 1.29 is 18.4 Å². The molecular formula is C21H17FN4O4. The molecule has 0 saturated heterocycles. The Morgan fingerprint density at radius 3 is 2.53 bits per heavy atom. The zero-order chi connectivity index (χ0) is 21.3. The number of rotatable bonds is 5. The van der Waals surface area contributed by atoms with Crippen molar-refractivity contribution >= 4 is 22.5 Å². The van der Waals surface area contributed by atoms with Crippen LogP contribution in [0.4, 0.5) is 10.1 Å². The highest BCUT2D eigenvalue weighted by Crippen LogP contribution is 2.28. The number of benzene rings is 2. The van der Waals surface area contributed by atoms with Gasteiger partial charge in [-0.25, -0.2) is 9.07 Å². The largest absolute Gasteiger partial charge is 0.497 e. The minimum Gasteiger partial charge on any atom is -0.497 e. The average Bonchev–Trinajstić information content (AvgIpc) is 3.14. The number of hydrogen-bond donors (Lipinski definition) is 1. The van der Waals surface area contributed by atoms with Gasteiger partial charge in [-0.2, -0.15) is 5.10 Å². The minimum absolute atomic E-state index is 0.0860. The molecule has 0 saturated carbocycles. The SMILES string of the molecule is COc1ccc(-c2nn(CC(=O)Nc3ccc(F)cc3)c(=O)c3noc(C)c23)cc1. The maximum Gasteiger partial charge on any atom is 0.297 e. The first kappa shape index (κ1) is 19.3. The molecule has 30 heavy (non-hydrogen) atoms. The highest BCUT2D eigenvalue weighted by molar-refractivity contribution is 5.94. The van der Waals surface area contributed by atoms with Gasteiger partial charge in [-0.1, -0.05) is 5.16 Å². The monoisotopic (exact) mass is 408 g/mol. The molecule has 1 amide bonds. The third-order valence-electron chi connectivity index (χ3n) is 4.54. The highest BCUT2D eigenvalue weighted by atomic mass is 19.1. The van der Waals surface area contributed by atoms with Gasteiger partial charge in [-0.15, -0.1) is 0 Å². The standard InChI is InChI=1S/C21H17FN4O4/c1-12-18-19(13-3-9-16(29-2)10-4-13)24-26(21(28)20(18)25-30-12)11-17(27)23-15-7-5-14(22)6-8-15/h3-10H,11H2,1-2H3,(H,23,27). The van der Waals surface area contributed by atoms with Gasteiger partial charge in [0.2, 0.25) is 5.91 Å². The van der Waals surface area contributed by atoms with Crippen LogP contribution in [0.5, 0.6) is 5.75 Å². The van der Waals surface area contributed by atoms with E-state index in [1.807, 2.05) is 0 Å². The van der Waals surface area contributed by atoms with E-state index in [4.69, 9.17) is 9.26 Å². The molecule has 4 rings (SSSR count). The van der Waals surface area contributed by atoms with Crippen molar-refractivity contribution in [2.24, 2.45) is 0 Å². The first-order chi connectivity index (χ1) is 14.5. The number of aromatic nitrogens is 3. The molecule has 2 aromatic carbocycles. The number of halogens is 1. The van der Waals surface area contributed by atoms with Crippen LogP contribution in [0.3, 0.4) is 0 Å². The molecule has 0 spiro atoms. The molecule has 152 valence electrons. The number of anilines is 1. The van der Waals surface area contributed by atoms with Crippen molar-refractivity contribution in [3.05, 3.63) is 70.5 Å².